The Morgan fingerprint density at radius 3 is 2.76 bits per heavy atom. The summed E-state index contributed by atoms with van der Waals surface area (Å²) in [5.41, 5.74) is 2.23. The number of nitrogens with one attached hydrogen (secondary N) is 1. The van der Waals surface area contributed by atoms with Gasteiger partial charge in [0.2, 0.25) is 0 Å². The number of aromatic nitrogens is 1. The fraction of sp³-hybridized carbons (Fsp3) is 0.0769. The molecule has 84 valence electrons. The van der Waals surface area contributed by atoms with Crippen LogP contribution in [0.15, 0.2) is 36.4 Å². The van der Waals surface area contributed by atoms with Crippen molar-refractivity contribution in [2.45, 2.75) is 6.92 Å². The van der Waals surface area contributed by atoms with Gasteiger partial charge in [-0.2, -0.15) is 5.26 Å². The minimum absolute atomic E-state index is 0.384. The first-order valence-corrected chi connectivity index (χ1v) is 5.48. The standard InChI is InChI=1S/C13H10ClN3/c1-9-11(14)5-3-6-12(9)17-13-7-2-4-10(8-15)16-13/h2-7H,1H3,(H,16,17). The summed E-state index contributed by atoms with van der Waals surface area (Å²) in [6, 6.07) is 12.9. The van der Waals surface area contributed by atoms with E-state index in [0.29, 0.717) is 16.5 Å². The van der Waals surface area contributed by atoms with Crippen LogP contribution in [-0.2, 0) is 0 Å². The zero-order chi connectivity index (χ0) is 12.3. The van der Waals surface area contributed by atoms with E-state index in [1.54, 1.807) is 18.2 Å². The molecule has 0 saturated heterocycles. The van der Waals surface area contributed by atoms with Gasteiger partial charge in [0.25, 0.3) is 0 Å². The zero-order valence-electron chi connectivity index (χ0n) is 9.24. The highest BCUT2D eigenvalue weighted by Crippen LogP contribution is 2.25. The molecule has 1 N–H and O–H groups in total. The number of benzene rings is 1. The number of halogens is 1. The van der Waals surface area contributed by atoms with Crippen molar-refractivity contribution >= 4 is 23.1 Å². The van der Waals surface area contributed by atoms with Gasteiger partial charge in [-0.25, -0.2) is 4.98 Å². The van der Waals surface area contributed by atoms with Crippen LogP contribution in [-0.4, -0.2) is 4.98 Å². The molecular formula is C13H10ClN3. The Morgan fingerprint density at radius 2 is 2.00 bits per heavy atom. The molecule has 17 heavy (non-hydrogen) atoms. The van der Waals surface area contributed by atoms with Gasteiger partial charge in [0.05, 0.1) is 0 Å². The van der Waals surface area contributed by atoms with Crippen LogP contribution in [0.25, 0.3) is 0 Å². The summed E-state index contributed by atoms with van der Waals surface area (Å²) in [5, 5.41) is 12.6. The second kappa shape index (κ2) is 4.86. The molecule has 0 bridgehead atoms. The van der Waals surface area contributed by atoms with Crippen LogP contribution in [0.3, 0.4) is 0 Å². The molecule has 1 heterocycles. The molecule has 0 unspecified atom stereocenters. The smallest absolute Gasteiger partial charge is 0.142 e. The number of rotatable bonds is 2. The van der Waals surface area contributed by atoms with Gasteiger partial charge in [-0.05, 0) is 36.8 Å². The highest BCUT2D eigenvalue weighted by atomic mass is 35.5. The maximum absolute atomic E-state index is 8.77. The number of nitriles is 1. The molecule has 0 aliphatic heterocycles. The fourth-order valence-corrected chi connectivity index (χ4v) is 1.62. The fourth-order valence-electron chi connectivity index (χ4n) is 1.45. The van der Waals surface area contributed by atoms with E-state index < -0.39 is 0 Å². The third-order valence-electron chi connectivity index (χ3n) is 2.39. The van der Waals surface area contributed by atoms with E-state index >= 15 is 0 Å². The highest BCUT2D eigenvalue weighted by Gasteiger charge is 2.03. The average molecular weight is 244 g/mol. The summed E-state index contributed by atoms with van der Waals surface area (Å²) in [6.45, 7) is 1.93. The summed E-state index contributed by atoms with van der Waals surface area (Å²) in [4.78, 5) is 4.14. The Balaban J connectivity index is 2.32. The van der Waals surface area contributed by atoms with Crippen LogP contribution < -0.4 is 5.32 Å². The molecule has 1 aromatic carbocycles. The van der Waals surface area contributed by atoms with Crippen LogP contribution in [0, 0.1) is 18.3 Å². The van der Waals surface area contributed by atoms with Crippen molar-refractivity contribution in [3.05, 3.63) is 52.7 Å². The van der Waals surface area contributed by atoms with Crippen molar-refractivity contribution < 1.29 is 0 Å². The topological polar surface area (TPSA) is 48.7 Å². The number of pyridine rings is 1. The number of hydrogen-bond donors (Lipinski definition) is 1. The van der Waals surface area contributed by atoms with E-state index in [4.69, 9.17) is 16.9 Å². The van der Waals surface area contributed by atoms with E-state index in [1.807, 2.05) is 31.2 Å². The lowest BCUT2D eigenvalue weighted by Crippen LogP contribution is -1.96. The van der Waals surface area contributed by atoms with E-state index in [0.717, 1.165) is 11.3 Å². The number of nitrogens with zero attached hydrogens (tertiary/aromatic N) is 2. The van der Waals surface area contributed by atoms with Crippen molar-refractivity contribution in [2.24, 2.45) is 0 Å². The molecule has 0 aliphatic carbocycles. The monoisotopic (exact) mass is 243 g/mol. The van der Waals surface area contributed by atoms with Crippen molar-refractivity contribution in [1.29, 1.82) is 5.26 Å². The zero-order valence-corrected chi connectivity index (χ0v) is 9.99. The second-order valence-corrected chi connectivity index (χ2v) is 3.96. The van der Waals surface area contributed by atoms with Gasteiger partial charge in [0.15, 0.2) is 0 Å². The molecule has 0 amide bonds. The van der Waals surface area contributed by atoms with Crippen molar-refractivity contribution in [1.82, 2.24) is 4.98 Å². The lowest BCUT2D eigenvalue weighted by molar-refractivity contribution is 1.25. The van der Waals surface area contributed by atoms with Gasteiger partial charge in [-0.1, -0.05) is 23.7 Å². The van der Waals surface area contributed by atoms with E-state index in [-0.39, 0.29) is 0 Å². The number of hydrogen-bond acceptors (Lipinski definition) is 3. The summed E-state index contributed by atoms with van der Waals surface area (Å²) in [5.74, 6) is 0.634. The van der Waals surface area contributed by atoms with Crippen molar-refractivity contribution in [3.8, 4) is 6.07 Å². The van der Waals surface area contributed by atoms with Crippen LogP contribution in [0.2, 0.25) is 5.02 Å². The molecule has 0 saturated carbocycles. The molecule has 4 heteroatoms. The number of anilines is 2. The van der Waals surface area contributed by atoms with E-state index in [9.17, 15) is 0 Å². The van der Waals surface area contributed by atoms with Crippen LogP contribution in [0.5, 0.6) is 0 Å². The third-order valence-corrected chi connectivity index (χ3v) is 2.80. The summed E-state index contributed by atoms with van der Waals surface area (Å²) in [7, 11) is 0. The molecule has 0 fully saturated rings. The van der Waals surface area contributed by atoms with Crippen molar-refractivity contribution in [3.63, 3.8) is 0 Å². The van der Waals surface area contributed by atoms with Gasteiger partial charge < -0.3 is 5.32 Å². The Labute approximate surface area is 105 Å². The summed E-state index contributed by atoms with van der Waals surface area (Å²) < 4.78 is 0. The molecule has 0 spiro atoms. The quantitative estimate of drug-likeness (QED) is 0.876. The first kappa shape index (κ1) is 11.4. The molecule has 0 aliphatic rings. The van der Waals surface area contributed by atoms with Gasteiger partial charge in [-0.15, -0.1) is 0 Å². The Hall–Kier alpha value is -2.05. The molecule has 2 rings (SSSR count). The van der Waals surface area contributed by atoms with Gasteiger partial charge in [0, 0.05) is 10.7 Å². The second-order valence-electron chi connectivity index (χ2n) is 3.56. The van der Waals surface area contributed by atoms with Crippen LogP contribution in [0.4, 0.5) is 11.5 Å². The van der Waals surface area contributed by atoms with Gasteiger partial charge in [-0.3, -0.25) is 0 Å². The SMILES string of the molecule is Cc1c(Cl)cccc1Nc1cccc(C#N)n1. The van der Waals surface area contributed by atoms with Gasteiger partial charge >= 0.3 is 0 Å². The molecule has 3 nitrogen and oxygen atoms in total. The first-order chi connectivity index (χ1) is 8.20. The minimum atomic E-state index is 0.384. The normalized spacial score (nSPS) is 9.71. The first-order valence-electron chi connectivity index (χ1n) is 5.10. The Bertz CT molecular complexity index is 587. The van der Waals surface area contributed by atoms with Crippen LogP contribution >= 0.6 is 11.6 Å². The highest BCUT2D eigenvalue weighted by molar-refractivity contribution is 6.31. The Kier molecular flexibility index (Phi) is 3.27. The minimum Gasteiger partial charge on any atom is -0.340 e. The maximum atomic E-state index is 8.77. The van der Waals surface area contributed by atoms with Gasteiger partial charge in [0.1, 0.15) is 17.6 Å². The molecule has 2 aromatic rings. The largest absolute Gasteiger partial charge is 0.340 e. The summed E-state index contributed by atoms with van der Waals surface area (Å²) in [6.07, 6.45) is 0. The predicted molar refractivity (Wildman–Crippen MR) is 68.4 cm³/mol. The molecule has 0 radical (unpaired) electrons. The average Bonchev–Trinajstić information content (AvgIpc) is 2.35. The molecular weight excluding hydrogens is 234 g/mol. The van der Waals surface area contributed by atoms with Crippen molar-refractivity contribution in [2.75, 3.05) is 5.32 Å². The lowest BCUT2D eigenvalue weighted by atomic mass is 10.2. The predicted octanol–water partition coefficient (Wildman–Crippen LogP) is 3.66. The van der Waals surface area contributed by atoms with E-state index in [1.165, 1.54) is 0 Å². The maximum Gasteiger partial charge on any atom is 0.142 e. The Morgan fingerprint density at radius 1 is 1.24 bits per heavy atom. The lowest BCUT2D eigenvalue weighted by Gasteiger charge is -2.09. The molecule has 1 aromatic heterocycles. The van der Waals surface area contributed by atoms with E-state index in [2.05, 4.69) is 10.3 Å². The van der Waals surface area contributed by atoms with Crippen LogP contribution in [0.1, 0.15) is 11.3 Å². The summed E-state index contributed by atoms with van der Waals surface area (Å²) >= 11 is 6.03. The third kappa shape index (κ3) is 2.55. The molecule has 0 atom stereocenters.